The van der Waals surface area contributed by atoms with E-state index in [4.69, 9.17) is 11.6 Å². The van der Waals surface area contributed by atoms with Gasteiger partial charge in [-0.1, -0.05) is 13.8 Å². The van der Waals surface area contributed by atoms with E-state index in [0.29, 0.717) is 11.9 Å². The van der Waals surface area contributed by atoms with Crippen molar-refractivity contribution in [3.05, 3.63) is 5.28 Å². The topological polar surface area (TPSA) is 53.9 Å². The average Bonchev–Trinajstić information content (AvgIpc) is 2.34. The third-order valence-electron chi connectivity index (χ3n) is 3.20. The van der Waals surface area contributed by atoms with Crippen LogP contribution in [0.4, 0.5) is 11.9 Å². The van der Waals surface area contributed by atoms with E-state index in [1.807, 2.05) is 11.9 Å². The van der Waals surface area contributed by atoms with E-state index in [2.05, 4.69) is 48.0 Å². The molecule has 0 saturated carbocycles. The van der Waals surface area contributed by atoms with Gasteiger partial charge in [0.15, 0.2) is 0 Å². The Kier molecular flexibility index (Phi) is 5.14. The fourth-order valence-electron chi connectivity index (χ4n) is 1.31. The Labute approximate surface area is 114 Å². The van der Waals surface area contributed by atoms with Gasteiger partial charge in [0.05, 0.1) is 0 Å². The molecule has 1 aromatic heterocycles. The van der Waals surface area contributed by atoms with E-state index in [1.54, 1.807) is 0 Å². The summed E-state index contributed by atoms with van der Waals surface area (Å²) in [5.74, 6) is 1.13. The molecule has 0 fully saturated rings. The molecule has 1 heterocycles. The maximum atomic E-state index is 5.94. The Morgan fingerprint density at radius 2 is 1.89 bits per heavy atom. The van der Waals surface area contributed by atoms with E-state index in [1.165, 1.54) is 0 Å². The summed E-state index contributed by atoms with van der Waals surface area (Å²) in [5, 5.41) is 3.35. The van der Waals surface area contributed by atoms with E-state index in [-0.39, 0.29) is 10.8 Å². The maximum absolute atomic E-state index is 5.94. The zero-order chi connectivity index (χ0) is 13.8. The Morgan fingerprint density at radius 3 is 2.44 bits per heavy atom. The molecule has 0 amide bonds. The number of nitrogens with zero attached hydrogens (tertiary/aromatic N) is 4. The molecule has 0 aliphatic carbocycles. The highest BCUT2D eigenvalue weighted by molar-refractivity contribution is 6.28. The van der Waals surface area contributed by atoms with Crippen LogP contribution in [0.1, 0.15) is 40.5 Å². The Bertz CT molecular complexity index is 394. The van der Waals surface area contributed by atoms with E-state index < -0.39 is 0 Å². The minimum absolute atomic E-state index is 0.0211. The molecule has 0 radical (unpaired) electrons. The van der Waals surface area contributed by atoms with Gasteiger partial charge >= 0.3 is 0 Å². The highest BCUT2D eigenvalue weighted by Gasteiger charge is 2.24. The summed E-state index contributed by atoms with van der Waals surface area (Å²) in [6.07, 6.45) is 2.00. The summed E-state index contributed by atoms with van der Waals surface area (Å²) in [6.45, 7) is 9.33. The van der Waals surface area contributed by atoms with E-state index in [0.717, 1.165) is 19.4 Å². The van der Waals surface area contributed by atoms with E-state index >= 15 is 0 Å². The van der Waals surface area contributed by atoms with Crippen LogP contribution in [0.15, 0.2) is 0 Å². The maximum Gasteiger partial charge on any atom is 0.231 e. The van der Waals surface area contributed by atoms with Gasteiger partial charge in [-0.15, -0.1) is 0 Å². The molecule has 0 atom stereocenters. The molecule has 6 heteroatoms. The van der Waals surface area contributed by atoms with Crippen molar-refractivity contribution >= 4 is 23.5 Å². The Balaban J connectivity index is 2.98. The molecule has 5 nitrogen and oxygen atoms in total. The van der Waals surface area contributed by atoms with Gasteiger partial charge in [-0.05, 0) is 38.3 Å². The summed E-state index contributed by atoms with van der Waals surface area (Å²) in [4.78, 5) is 14.7. The van der Waals surface area contributed by atoms with Crippen molar-refractivity contribution in [2.24, 2.45) is 0 Å². The Morgan fingerprint density at radius 1 is 1.22 bits per heavy atom. The number of rotatable bonds is 6. The van der Waals surface area contributed by atoms with Crippen molar-refractivity contribution in [2.75, 3.05) is 23.8 Å². The first-order valence-electron chi connectivity index (χ1n) is 6.30. The second kappa shape index (κ2) is 6.18. The molecule has 1 N–H and O–H groups in total. The molecule has 1 aromatic rings. The van der Waals surface area contributed by atoms with Gasteiger partial charge in [-0.2, -0.15) is 15.0 Å². The second-order valence-corrected chi connectivity index (χ2v) is 5.22. The highest BCUT2D eigenvalue weighted by Crippen LogP contribution is 2.23. The van der Waals surface area contributed by atoms with Crippen LogP contribution >= 0.6 is 11.6 Å². The summed E-state index contributed by atoms with van der Waals surface area (Å²) < 4.78 is 0. The predicted molar refractivity (Wildman–Crippen MR) is 76.4 cm³/mol. The normalized spacial score (nSPS) is 11.4. The van der Waals surface area contributed by atoms with E-state index in [9.17, 15) is 0 Å². The van der Waals surface area contributed by atoms with Crippen LogP contribution in [-0.2, 0) is 0 Å². The lowest BCUT2D eigenvalue weighted by molar-refractivity contribution is 0.463. The van der Waals surface area contributed by atoms with Gasteiger partial charge < -0.3 is 10.2 Å². The third kappa shape index (κ3) is 3.70. The van der Waals surface area contributed by atoms with Crippen molar-refractivity contribution in [2.45, 2.75) is 46.1 Å². The smallest absolute Gasteiger partial charge is 0.231 e. The zero-order valence-electron chi connectivity index (χ0n) is 11.8. The fourth-order valence-corrected chi connectivity index (χ4v) is 1.47. The molecule has 0 aliphatic rings. The van der Waals surface area contributed by atoms with Crippen molar-refractivity contribution < 1.29 is 0 Å². The van der Waals surface area contributed by atoms with Crippen LogP contribution in [0, 0.1) is 0 Å². The summed E-state index contributed by atoms with van der Waals surface area (Å²) in [7, 11) is 1.97. The summed E-state index contributed by atoms with van der Waals surface area (Å²) in [5.41, 5.74) is -0.0211. The lowest BCUT2D eigenvalue weighted by atomic mass is 10.0. The molecular weight excluding hydrogens is 250 g/mol. The minimum atomic E-state index is -0.0211. The van der Waals surface area contributed by atoms with Crippen molar-refractivity contribution in [1.82, 2.24) is 15.0 Å². The van der Waals surface area contributed by atoms with Crippen LogP contribution in [0.5, 0.6) is 0 Å². The molecule has 18 heavy (non-hydrogen) atoms. The van der Waals surface area contributed by atoms with Crippen LogP contribution in [0.3, 0.4) is 0 Å². The van der Waals surface area contributed by atoms with Crippen molar-refractivity contribution in [1.29, 1.82) is 0 Å². The highest BCUT2D eigenvalue weighted by atomic mass is 35.5. The first-order valence-corrected chi connectivity index (χ1v) is 6.67. The average molecular weight is 272 g/mol. The third-order valence-corrected chi connectivity index (χ3v) is 3.37. The molecule has 0 bridgehead atoms. The molecule has 0 spiro atoms. The number of hydrogen-bond acceptors (Lipinski definition) is 5. The number of hydrogen-bond donors (Lipinski definition) is 1. The molecular formula is C12H22ClN5. The van der Waals surface area contributed by atoms with Crippen LogP contribution in [0.2, 0.25) is 5.28 Å². The molecule has 0 aliphatic heterocycles. The summed E-state index contributed by atoms with van der Waals surface area (Å²) in [6, 6.07) is 0. The molecule has 1 rings (SSSR count). The minimum Gasteiger partial charge on any atom is -0.354 e. The lowest BCUT2D eigenvalue weighted by Gasteiger charge is -2.34. The molecule has 0 aromatic carbocycles. The second-order valence-electron chi connectivity index (χ2n) is 4.88. The van der Waals surface area contributed by atoms with Crippen LogP contribution in [-0.4, -0.2) is 34.1 Å². The number of nitrogens with one attached hydrogen (secondary N) is 1. The monoisotopic (exact) mass is 271 g/mol. The Hall–Kier alpha value is -1.10. The zero-order valence-corrected chi connectivity index (χ0v) is 12.5. The van der Waals surface area contributed by atoms with Gasteiger partial charge in [0.2, 0.25) is 17.2 Å². The standard InChI is InChI=1S/C12H22ClN5/c1-6-8-14-10-15-9(13)16-11(17-10)18(5)12(3,4)7-2/h6-8H2,1-5H3,(H,14,15,16,17). The van der Waals surface area contributed by atoms with Crippen LogP contribution < -0.4 is 10.2 Å². The van der Waals surface area contributed by atoms with Gasteiger partial charge in [-0.3, -0.25) is 0 Å². The van der Waals surface area contributed by atoms with Gasteiger partial charge in [-0.25, -0.2) is 0 Å². The SMILES string of the molecule is CCCNc1nc(Cl)nc(N(C)C(C)(C)CC)n1. The summed E-state index contributed by atoms with van der Waals surface area (Å²) >= 11 is 5.94. The van der Waals surface area contributed by atoms with Crippen molar-refractivity contribution in [3.63, 3.8) is 0 Å². The number of anilines is 2. The predicted octanol–water partition coefficient (Wildman–Crippen LogP) is 2.97. The van der Waals surface area contributed by atoms with Crippen LogP contribution in [0.25, 0.3) is 0 Å². The van der Waals surface area contributed by atoms with Gasteiger partial charge in [0.1, 0.15) is 0 Å². The van der Waals surface area contributed by atoms with Crippen molar-refractivity contribution in [3.8, 4) is 0 Å². The van der Waals surface area contributed by atoms with Gasteiger partial charge in [0.25, 0.3) is 0 Å². The molecule has 0 saturated heterocycles. The molecule has 0 unspecified atom stereocenters. The lowest BCUT2D eigenvalue weighted by Crippen LogP contribution is -2.41. The fraction of sp³-hybridized carbons (Fsp3) is 0.750. The first kappa shape index (κ1) is 15.0. The quantitative estimate of drug-likeness (QED) is 0.862. The van der Waals surface area contributed by atoms with Gasteiger partial charge in [0, 0.05) is 19.1 Å². The molecule has 102 valence electrons. The number of aromatic nitrogens is 3. The number of halogens is 1. The largest absolute Gasteiger partial charge is 0.354 e. The first-order chi connectivity index (χ1) is 8.40.